The third kappa shape index (κ3) is 4.37. The number of carbonyl (C=O) groups is 3. The standard InChI is InChI=1S/C24H31N3O4/c1-16(29)25-19-11-9-18(10-12-19)21-22(26-13-5-6-17(14-26)15-28)24(31)27(23(21)30)20-7-3-2-4-8-20/h9-12,17,20,28H,2-8,13-15H2,1H3,(H,25,29). The minimum Gasteiger partial charge on any atom is -0.396 e. The van der Waals surface area contributed by atoms with Gasteiger partial charge >= 0.3 is 0 Å². The van der Waals surface area contributed by atoms with Crippen LogP contribution in [0.5, 0.6) is 0 Å². The van der Waals surface area contributed by atoms with Crippen molar-refractivity contribution in [1.82, 2.24) is 9.80 Å². The van der Waals surface area contributed by atoms with Gasteiger partial charge in [-0.05, 0) is 49.3 Å². The molecule has 0 bridgehead atoms. The number of likely N-dealkylation sites (tertiary alicyclic amines) is 1. The highest BCUT2D eigenvalue weighted by molar-refractivity contribution is 6.35. The smallest absolute Gasteiger partial charge is 0.278 e. The topological polar surface area (TPSA) is 90.0 Å². The average molecular weight is 426 g/mol. The van der Waals surface area contributed by atoms with Gasteiger partial charge in [-0.3, -0.25) is 19.3 Å². The predicted octanol–water partition coefficient (Wildman–Crippen LogP) is 2.76. The van der Waals surface area contributed by atoms with E-state index in [0.29, 0.717) is 35.6 Å². The van der Waals surface area contributed by atoms with Crippen molar-refractivity contribution in [1.29, 1.82) is 0 Å². The second-order valence-electron chi connectivity index (χ2n) is 8.89. The van der Waals surface area contributed by atoms with Gasteiger partial charge in [0.05, 0.1) is 5.57 Å². The van der Waals surface area contributed by atoms with E-state index < -0.39 is 0 Å². The Morgan fingerprint density at radius 1 is 1.03 bits per heavy atom. The maximum absolute atomic E-state index is 13.6. The van der Waals surface area contributed by atoms with Crippen molar-refractivity contribution in [2.24, 2.45) is 5.92 Å². The summed E-state index contributed by atoms with van der Waals surface area (Å²) >= 11 is 0. The Kier molecular flexibility index (Phi) is 6.41. The number of nitrogens with one attached hydrogen (secondary N) is 1. The molecule has 4 rings (SSSR count). The number of anilines is 1. The van der Waals surface area contributed by atoms with E-state index in [0.717, 1.165) is 44.9 Å². The number of aliphatic hydroxyl groups is 1. The fraction of sp³-hybridized carbons (Fsp3) is 0.542. The van der Waals surface area contributed by atoms with Crippen LogP contribution < -0.4 is 5.32 Å². The highest BCUT2D eigenvalue weighted by atomic mass is 16.3. The van der Waals surface area contributed by atoms with Crippen LogP contribution in [-0.2, 0) is 14.4 Å². The highest BCUT2D eigenvalue weighted by Crippen LogP contribution is 2.37. The zero-order valence-electron chi connectivity index (χ0n) is 18.1. The normalized spacial score (nSPS) is 23.0. The van der Waals surface area contributed by atoms with E-state index in [9.17, 15) is 19.5 Å². The summed E-state index contributed by atoms with van der Waals surface area (Å²) in [6.45, 7) is 2.82. The van der Waals surface area contributed by atoms with Crippen LogP contribution in [0.4, 0.5) is 5.69 Å². The first kappa shape index (κ1) is 21.6. The number of rotatable bonds is 5. The molecule has 7 heteroatoms. The molecule has 1 aromatic rings. The largest absolute Gasteiger partial charge is 0.396 e. The van der Waals surface area contributed by atoms with Crippen molar-refractivity contribution in [2.75, 3.05) is 25.0 Å². The van der Waals surface area contributed by atoms with Crippen LogP contribution in [0.15, 0.2) is 30.0 Å². The molecular weight excluding hydrogens is 394 g/mol. The summed E-state index contributed by atoms with van der Waals surface area (Å²) in [4.78, 5) is 42.0. The van der Waals surface area contributed by atoms with Gasteiger partial charge in [-0.2, -0.15) is 0 Å². The van der Waals surface area contributed by atoms with E-state index in [1.165, 1.54) is 11.8 Å². The summed E-state index contributed by atoms with van der Waals surface area (Å²) in [6, 6.07) is 7.07. The maximum atomic E-state index is 13.6. The van der Waals surface area contributed by atoms with E-state index in [4.69, 9.17) is 0 Å². The van der Waals surface area contributed by atoms with E-state index in [1.54, 1.807) is 24.3 Å². The van der Waals surface area contributed by atoms with Gasteiger partial charge in [0, 0.05) is 38.3 Å². The van der Waals surface area contributed by atoms with Gasteiger partial charge in [0.25, 0.3) is 11.8 Å². The van der Waals surface area contributed by atoms with Gasteiger partial charge in [0.15, 0.2) is 0 Å². The van der Waals surface area contributed by atoms with Crippen LogP contribution in [0, 0.1) is 5.92 Å². The van der Waals surface area contributed by atoms with E-state index in [1.807, 2.05) is 4.90 Å². The first-order valence-electron chi connectivity index (χ1n) is 11.4. The molecule has 0 spiro atoms. The Hall–Kier alpha value is -2.67. The molecule has 2 fully saturated rings. The SMILES string of the molecule is CC(=O)Nc1ccc(C2=C(N3CCCC(CO)C3)C(=O)N(C3CCCCC3)C2=O)cc1. The van der Waals surface area contributed by atoms with Crippen LogP contribution in [0.3, 0.4) is 0 Å². The number of imide groups is 1. The molecule has 7 nitrogen and oxygen atoms in total. The number of aliphatic hydroxyl groups excluding tert-OH is 1. The monoisotopic (exact) mass is 425 g/mol. The molecule has 1 saturated carbocycles. The molecule has 2 heterocycles. The summed E-state index contributed by atoms with van der Waals surface area (Å²) in [7, 11) is 0. The molecule has 3 amide bonds. The number of nitrogens with zero attached hydrogens (tertiary/aromatic N) is 2. The number of amides is 3. The summed E-state index contributed by atoms with van der Waals surface area (Å²) < 4.78 is 0. The van der Waals surface area contributed by atoms with Crippen molar-refractivity contribution in [3.63, 3.8) is 0 Å². The molecule has 0 aromatic heterocycles. The molecule has 1 aliphatic carbocycles. The van der Waals surface area contributed by atoms with Crippen molar-refractivity contribution in [2.45, 2.75) is 57.9 Å². The average Bonchev–Trinajstić information content (AvgIpc) is 3.04. The van der Waals surface area contributed by atoms with Crippen LogP contribution in [0.2, 0.25) is 0 Å². The lowest BCUT2D eigenvalue weighted by Crippen LogP contribution is -2.45. The first-order chi connectivity index (χ1) is 15.0. The lowest BCUT2D eigenvalue weighted by molar-refractivity contribution is -0.141. The van der Waals surface area contributed by atoms with E-state index in [2.05, 4.69) is 5.32 Å². The lowest BCUT2D eigenvalue weighted by atomic mass is 9.94. The van der Waals surface area contributed by atoms with Crippen LogP contribution in [0.1, 0.15) is 57.4 Å². The van der Waals surface area contributed by atoms with E-state index in [-0.39, 0.29) is 36.3 Å². The molecule has 166 valence electrons. The van der Waals surface area contributed by atoms with Crippen LogP contribution in [0.25, 0.3) is 5.57 Å². The zero-order chi connectivity index (χ0) is 22.0. The minimum absolute atomic E-state index is 0.0432. The second-order valence-corrected chi connectivity index (χ2v) is 8.89. The third-order valence-corrected chi connectivity index (χ3v) is 6.62. The van der Waals surface area contributed by atoms with Crippen molar-refractivity contribution in [3.05, 3.63) is 35.5 Å². The number of hydrogen-bond acceptors (Lipinski definition) is 5. The molecule has 3 aliphatic rings. The Balaban J connectivity index is 1.71. The summed E-state index contributed by atoms with van der Waals surface area (Å²) in [6.07, 6.45) is 6.75. The Labute approximate surface area is 183 Å². The molecule has 1 unspecified atom stereocenters. The van der Waals surface area contributed by atoms with Gasteiger partial charge < -0.3 is 15.3 Å². The van der Waals surface area contributed by atoms with Gasteiger partial charge in [-0.15, -0.1) is 0 Å². The van der Waals surface area contributed by atoms with Crippen molar-refractivity contribution < 1.29 is 19.5 Å². The molecule has 2 aliphatic heterocycles. The predicted molar refractivity (Wildman–Crippen MR) is 118 cm³/mol. The summed E-state index contributed by atoms with van der Waals surface area (Å²) in [5.74, 6) is -0.468. The maximum Gasteiger partial charge on any atom is 0.278 e. The van der Waals surface area contributed by atoms with Gasteiger partial charge in [0.1, 0.15) is 5.70 Å². The fourth-order valence-electron chi connectivity index (χ4n) is 5.10. The fourth-order valence-corrected chi connectivity index (χ4v) is 5.10. The molecular formula is C24H31N3O4. The van der Waals surface area contributed by atoms with Crippen LogP contribution >= 0.6 is 0 Å². The second kappa shape index (κ2) is 9.22. The van der Waals surface area contributed by atoms with Gasteiger partial charge in [-0.25, -0.2) is 0 Å². The van der Waals surface area contributed by atoms with Crippen molar-refractivity contribution >= 4 is 29.0 Å². The molecule has 2 N–H and O–H groups in total. The Morgan fingerprint density at radius 3 is 2.39 bits per heavy atom. The molecule has 1 aromatic carbocycles. The Morgan fingerprint density at radius 2 is 1.74 bits per heavy atom. The van der Waals surface area contributed by atoms with Crippen molar-refractivity contribution in [3.8, 4) is 0 Å². The zero-order valence-corrected chi connectivity index (χ0v) is 18.1. The summed E-state index contributed by atoms with van der Waals surface area (Å²) in [5, 5.41) is 12.4. The number of piperidine rings is 1. The minimum atomic E-state index is -0.217. The first-order valence-corrected chi connectivity index (χ1v) is 11.4. The quantitative estimate of drug-likeness (QED) is 0.708. The van der Waals surface area contributed by atoms with Gasteiger partial charge in [0.2, 0.25) is 5.91 Å². The molecule has 1 atom stereocenters. The molecule has 1 saturated heterocycles. The number of hydrogen-bond donors (Lipinski definition) is 2. The number of benzene rings is 1. The third-order valence-electron chi connectivity index (χ3n) is 6.62. The Bertz CT molecular complexity index is 887. The lowest BCUT2D eigenvalue weighted by Gasteiger charge is -2.35. The van der Waals surface area contributed by atoms with E-state index >= 15 is 0 Å². The molecule has 31 heavy (non-hydrogen) atoms. The van der Waals surface area contributed by atoms with Crippen LogP contribution in [-0.4, -0.2) is 58.4 Å². The molecule has 0 radical (unpaired) electrons. The highest BCUT2D eigenvalue weighted by Gasteiger charge is 2.45. The summed E-state index contributed by atoms with van der Waals surface area (Å²) in [5.41, 5.74) is 2.26. The number of carbonyl (C=O) groups excluding carboxylic acids is 3. The van der Waals surface area contributed by atoms with Gasteiger partial charge in [-0.1, -0.05) is 31.4 Å².